The van der Waals surface area contributed by atoms with E-state index in [4.69, 9.17) is 4.74 Å². The molecule has 1 N–H and O–H groups in total. The Hall–Kier alpha value is -2.97. The highest BCUT2D eigenvalue weighted by molar-refractivity contribution is 7.99. The zero-order valence-electron chi connectivity index (χ0n) is 17.0. The third-order valence-electron chi connectivity index (χ3n) is 4.94. The van der Waals surface area contributed by atoms with E-state index < -0.39 is 0 Å². The summed E-state index contributed by atoms with van der Waals surface area (Å²) >= 11 is 3.15. The van der Waals surface area contributed by atoms with Gasteiger partial charge in [-0.05, 0) is 44.7 Å². The summed E-state index contributed by atoms with van der Waals surface area (Å²) < 4.78 is 6.19. The van der Waals surface area contributed by atoms with Crippen LogP contribution in [0, 0.1) is 6.92 Å². The van der Waals surface area contributed by atoms with E-state index >= 15 is 0 Å². The average molecular weight is 448 g/mol. The van der Waals surface area contributed by atoms with Crippen molar-refractivity contribution in [2.45, 2.75) is 42.5 Å². The number of aromatic nitrogens is 4. The van der Waals surface area contributed by atoms with Crippen LogP contribution in [0.2, 0.25) is 0 Å². The van der Waals surface area contributed by atoms with Crippen molar-refractivity contribution in [3.05, 3.63) is 71.3 Å². The van der Waals surface area contributed by atoms with E-state index in [1.165, 1.54) is 24.1 Å². The second-order valence-electron chi connectivity index (χ2n) is 7.27. The van der Waals surface area contributed by atoms with Gasteiger partial charge in [-0.25, -0.2) is 19.9 Å². The van der Waals surface area contributed by atoms with Crippen LogP contribution < -0.4 is 10.1 Å². The molecule has 0 aliphatic heterocycles. The van der Waals surface area contributed by atoms with Gasteiger partial charge in [0.25, 0.3) is 0 Å². The summed E-state index contributed by atoms with van der Waals surface area (Å²) in [5, 5.41) is 7.09. The summed E-state index contributed by atoms with van der Waals surface area (Å²) in [7, 11) is 0. The lowest BCUT2D eigenvalue weighted by Crippen LogP contribution is -2.07. The fraction of sp³-hybridized carbons (Fsp3) is 0.217. The topological polar surface area (TPSA) is 72.8 Å². The third-order valence-corrected chi connectivity index (χ3v) is 6.82. The number of rotatable bonds is 6. The van der Waals surface area contributed by atoms with E-state index in [1.54, 1.807) is 29.4 Å². The van der Waals surface area contributed by atoms with Gasteiger partial charge < -0.3 is 10.1 Å². The maximum absolute atomic E-state index is 6.19. The van der Waals surface area contributed by atoms with Gasteiger partial charge in [0.1, 0.15) is 17.1 Å². The van der Waals surface area contributed by atoms with Crippen LogP contribution in [0.4, 0.5) is 10.9 Å². The smallest absolute Gasteiger partial charge is 0.188 e. The summed E-state index contributed by atoms with van der Waals surface area (Å²) in [6.07, 6.45) is 7.96. The van der Waals surface area contributed by atoms with Gasteiger partial charge in [-0.15, -0.1) is 11.3 Å². The molecule has 1 aliphatic rings. The minimum atomic E-state index is 0.632. The van der Waals surface area contributed by atoms with Gasteiger partial charge in [-0.2, -0.15) is 0 Å². The molecule has 0 saturated carbocycles. The zero-order valence-corrected chi connectivity index (χ0v) is 18.7. The van der Waals surface area contributed by atoms with E-state index in [0.717, 1.165) is 39.3 Å². The van der Waals surface area contributed by atoms with Crippen LogP contribution in [0.3, 0.4) is 0 Å². The molecule has 5 rings (SSSR count). The van der Waals surface area contributed by atoms with E-state index in [1.807, 2.05) is 54.9 Å². The molecule has 0 atom stereocenters. The van der Waals surface area contributed by atoms with E-state index in [9.17, 15) is 0 Å². The number of pyridine rings is 1. The number of fused-ring (bicyclic) bond motifs is 1. The van der Waals surface area contributed by atoms with Crippen LogP contribution in [0.25, 0.3) is 0 Å². The van der Waals surface area contributed by atoms with Crippen LogP contribution in [0.5, 0.6) is 11.5 Å². The molecular weight excluding hydrogens is 426 g/mol. The molecule has 0 radical (unpaired) electrons. The molecule has 3 aromatic heterocycles. The van der Waals surface area contributed by atoms with Crippen LogP contribution in [-0.2, 0) is 12.8 Å². The minimum Gasteiger partial charge on any atom is -0.453 e. The maximum Gasteiger partial charge on any atom is 0.188 e. The van der Waals surface area contributed by atoms with Crippen molar-refractivity contribution < 1.29 is 4.74 Å². The highest BCUT2D eigenvalue weighted by atomic mass is 32.2. The van der Waals surface area contributed by atoms with Gasteiger partial charge >= 0.3 is 0 Å². The second kappa shape index (κ2) is 9.03. The lowest BCUT2D eigenvalue weighted by atomic mass is 9.98. The largest absolute Gasteiger partial charge is 0.453 e. The Labute approximate surface area is 189 Å². The van der Waals surface area contributed by atoms with Gasteiger partial charge in [-0.1, -0.05) is 30.0 Å². The van der Waals surface area contributed by atoms with Gasteiger partial charge in [0.2, 0.25) is 0 Å². The number of hydrogen-bond donors (Lipinski definition) is 1. The molecule has 0 unspecified atom stereocenters. The fourth-order valence-corrected chi connectivity index (χ4v) is 5.10. The van der Waals surface area contributed by atoms with Gasteiger partial charge in [0.15, 0.2) is 16.7 Å². The van der Waals surface area contributed by atoms with E-state index in [-0.39, 0.29) is 0 Å². The van der Waals surface area contributed by atoms with Gasteiger partial charge in [0.05, 0.1) is 5.69 Å². The molecular formula is C23H21N5OS2. The number of anilines is 2. The Morgan fingerprint density at radius 1 is 1.06 bits per heavy atom. The molecule has 1 aromatic carbocycles. The van der Waals surface area contributed by atoms with Crippen molar-refractivity contribution in [2.75, 3.05) is 5.32 Å². The highest BCUT2D eigenvalue weighted by Gasteiger charge is 2.18. The Morgan fingerprint density at radius 2 is 1.94 bits per heavy atom. The number of para-hydroxylation sites is 1. The SMILES string of the molecule is Cc1csc(Nc2ncc(Sc3ncnc4c3CCCC4)cc2Oc2ccccc2)n1. The molecule has 4 aromatic rings. The highest BCUT2D eigenvalue weighted by Crippen LogP contribution is 2.38. The van der Waals surface area contributed by atoms with Crippen molar-refractivity contribution in [3.63, 3.8) is 0 Å². The van der Waals surface area contributed by atoms with Crippen molar-refractivity contribution in [3.8, 4) is 11.5 Å². The fourth-order valence-electron chi connectivity index (χ4n) is 3.47. The summed E-state index contributed by atoms with van der Waals surface area (Å²) in [4.78, 5) is 19.1. The standard InChI is InChI=1S/C23H21N5OS2/c1-15-13-30-23(27-15)28-21-20(29-16-7-3-2-4-8-16)11-17(12-24-21)31-22-18-9-5-6-10-19(18)25-14-26-22/h2-4,7-8,11-14H,5-6,9-10H2,1H3,(H,24,27,28). The van der Waals surface area contributed by atoms with E-state index in [2.05, 4.69) is 25.3 Å². The molecule has 0 amide bonds. The van der Waals surface area contributed by atoms with Crippen LogP contribution in [-0.4, -0.2) is 19.9 Å². The number of hydrogen-bond acceptors (Lipinski definition) is 8. The summed E-state index contributed by atoms with van der Waals surface area (Å²) in [6.45, 7) is 1.97. The molecule has 8 heteroatoms. The monoisotopic (exact) mass is 447 g/mol. The Bertz CT molecular complexity index is 1200. The molecule has 31 heavy (non-hydrogen) atoms. The molecule has 0 spiro atoms. The van der Waals surface area contributed by atoms with Crippen LogP contribution in [0.1, 0.15) is 29.8 Å². The quantitative estimate of drug-likeness (QED) is 0.353. The van der Waals surface area contributed by atoms with Crippen molar-refractivity contribution in [2.24, 2.45) is 0 Å². The van der Waals surface area contributed by atoms with Crippen molar-refractivity contribution in [1.29, 1.82) is 0 Å². The number of nitrogens with zero attached hydrogens (tertiary/aromatic N) is 4. The van der Waals surface area contributed by atoms with E-state index in [0.29, 0.717) is 11.6 Å². The Balaban J connectivity index is 1.47. The number of thiazole rings is 1. The first kappa shape index (κ1) is 20.0. The minimum absolute atomic E-state index is 0.632. The van der Waals surface area contributed by atoms with Gasteiger partial charge in [0, 0.05) is 33.8 Å². The average Bonchev–Trinajstić information content (AvgIpc) is 3.21. The molecule has 156 valence electrons. The number of aryl methyl sites for hydroxylation is 2. The predicted octanol–water partition coefficient (Wildman–Crippen LogP) is 6.20. The number of nitrogens with one attached hydrogen (secondary N) is 1. The Morgan fingerprint density at radius 3 is 2.77 bits per heavy atom. The number of ether oxygens (including phenoxy) is 1. The first-order valence-corrected chi connectivity index (χ1v) is 11.9. The molecule has 6 nitrogen and oxygen atoms in total. The third kappa shape index (κ3) is 4.70. The summed E-state index contributed by atoms with van der Waals surface area (Å²) in [6, 6.07) is 11.7. The lowest BCUT2D eigenvalue weighted by molar-refractivity contribution is 0.481. The molecule has 0 saturated heterocycles. The Kier molecular flexibility index (Phi) is 5.82. The maximum atomic E-state index is 6.19. The van der Waals surface area contributed by atoms with Crippen molar-refractivity contribution in [1.82, 2.24) is 19.9 Å². The zero-order chi connectivity index (χ0) is 21.0. The molecule has 3 heterocycles. The van der Waals surface area contributed by atoms with Gasteiger partial charge in [-0.3, -0.25) is 0 Å². The lowest BCUT2D eigenvalue weighted by Gasteiger charge is -2.17. The van der Waals surface area contributed by atoms with Crippen LogP contribution in [0.15, 0.2) is 64.2 Å². The summed E-state index contributed by atoms with van der Waals surface area (Å²) in [5.74, 6) is 2.03. The molecule has 0 bridgehead atoms. The summed E-state index contributed by atoms with van der Waals surface area (Å²) in [5.41, 5.74) is 3.42. The first-order valence-electron chi connectivity index (χ1n) is 10.2. The van der Waals surface area contributed by atoms with Crippen molar-refractivity contribution >= 4 is 34.0 Å². The number of benzene rings is 1. The normalized spacial score (nSPS) is 12.9. The predicted molar refractivity (Wildman–Crippen MR) is 124 cm³/mol. The first-order chi connectivity index (χ1) is 15.2. The molecule has 0 fully saturated rings. The second-order valence-corrected chi connectivity index (χ2v) is 9.19. The van der Waals surface area contributed by atoms with Crippen LogP contribution >= 0.6 is 23.1 Å². The molecule has 1 aliphatic carbocycles.